The minimum atomic E-state index is -0.699. The van der Waals surface area contributed by atoms with E-state index < -0.39 is 6.04 Å². The molecular weight excluding hydrogens is 392 g/mol. The van der Waals surface area contributed by atoms with Gasteiger partial charge in [0.25, 0.3) is 11.8 Å². The van der Waals surface area contributed by atoms with E-state index in [2.05, 4.69) is 21.5 Å². The first-order chi connectivity index (χ1) is 12.4. The van der Waals surface area contributed by atoms with Gasteiger partial charge >= 0.3 is 0 Å². The molecule has 2 amide bonds. The van der Waals surface area contributed by atoms with Crippen LogP contribution < -0.4 is 21.5 Å². The quantitative estimate of drug-likeness (QED) is 0.449. The number of hydrogen-bond donors (Lipinski definition) is 4. The van der Waals surface area contributed by atoms with Gasteiger partial charge in [0.15, 0.2) is 5.11 Å². The van der Waals surface area contributed by atoms with Crippen LogP contribution in [0.2, 0.25) is 5.02 Å². The van der Waals surface area contributed by atoms with Crippen molar-refractivity contribution in [3.8, 4) is 0 Å². The van der Waals surface area contributed by atoms with E-state index in [1.54, 1.807) is 36.4 Å². The van der Waals surface area contributed by atoms with Gasteiger partial charge in [0.1, 0.15) is 6.04 Å². The summed E-state index contributed by atoms with van der Waals surface area (Å²) in [5.41, 5.74) is 5.87. The molecule has 2 rings (SSSR count). The zero-order chi connectivity index (χ0) is 19.1. The van der Waals surface area contributed by atoms with E-state index in [0.29, 0.717) is 9.90 Å². The number of carbonyl (C=O) groups is 2. The highest BCUT2D eigenvalue weighted by atomic mass is 35.5. The summed E-state index contributed by atoms with van der Waals surface area (Å²) in [6.07, 6.45) is 0. The Labute approximate surface area is 166 Å². The van der Waals surface area contributed by atoms with Crippen LogP contribution in [0.3, 0.4) is 0 Å². The molecule has 6 nitrogen and oxygen atoms in total. The number of hydrogen-bond acceptors (Lipinski definition) is 4. The first-order valence-corrected chi connectivity index (χ1v) is 9.50. The molecule has 0 radical (unpaired) electrons. The highest BCUT2D eigenvalue weighted by molar-refractivity contribution is 7.80. The Kier molecular flexibility index (Phi) is 7.38. The second kappa shape index (κ2) is 9.51. The summed E-state index contributed by atoms with van der Waals surface area (Å²) < 4.78 is 0. The van der Waals surface area contributed by atoms with Crippen LogP contribution in [0, 0.1) is 5.92 Å². The molecule has 26 heavy (non-hydrogen) atoms. The van der Waals surface area contributed by atoms with Crippen LogP contribution >= 0.6 is 35.2 Å². The topological polar surface area (TPSA) is 82.3 Å². The van der Waals surface area contributed by atoms with E-state index >= 15 is 0 Å². The second-order valence-electron chi connectivity index (χ2n) is 5.75. The normalized spacial score (nSPS) is 11.5. The first-order valence-electron chi connectivity index (χ1n) is 7.83. The van der Waals surface area contributed by atoms with Crippen LogP contribution in [-0.2, 0) is 4.79 Å². The molecule has 4 N–H and O–H groups in total. The molecule has 0 spiro atoms. The number of rotatable bonds is 5. The van der Waals surface area contributed by atoms with Crippen molar-refractivity contribution in [2.45, 2.75) is 19.9 Å². The van der Waals surface area contributed by atoms with E-state index in [9.17, 15) is 9.59 Å². The minimum absolute atomic E-state index is 0.0986. The Hall–Kier alpha value is -2.16. The van der Waals surface area contributed by atoms with Crippen molar-refractivity contribution in [1.82, 2.24) is 16.2 Å². The highest BCUT2D eigenvalue weighted by Crippen LogP contribution is 2.13. The zero-order valence-electron chi connectivity index (χ0n) is 14.2. The Morgan fingerprint density at radius 1 is 1.12 bits per heavy atom. The van der Waals surface area contributed by atoms with Crippen LogP contribution in [0.4, 0.5) is 5.69 Å². The Morgan fingerprint density at radius 3 is 2.38 bits per heavy atom. The zero-order valence-corrected chi connectivity index (χ0v) is 16.6. The van der Waals surface area contributed by atoms with Gasteiger partial charge in [-0.05, 0) is 53.8 Å². The Bertz CT molecular complexity index is 764. The summed E-state index contributed by atoms with van der Waals surface area (Å²) in [6.45, 7) is 3.70. The number of halogens is 1. The predicted molar refractivity (Wildman–Crippen MR) is 109 cm³/mol. The first kappa shape index (κ1) is 20.2. The third-order valence-corrected chi connectivity index (χ3v) is 4.71. The lowest BCUT2D eigenvalue weighted by Crippen LogP contribution is -2.54. The molecule has 1 aromatic heterocycles. The van der Waals surface area contributed by atoms with Crippen LogP contribution in [-0.4, -0.2) is 23.0 Å². The van der Waals surface area contributed by atoms with Crippen molar-refractivity contribution in [3.63, 3.8) is 0 Å². The van der Waals surface area contributed by atoms with Gasteiger partial charge in [-0.15, -0.1) is 11.3 Å². The molecule has 138 valence electrons. The van der Waals surface area contributed by atoms with Gasteiger partial charge in [0.05, 0.1) is 4.88 Å². The molecule has 0 saturated heterocycles. The Balaban J connectivity index is 1.87. The van der Waals surface area contributed by atoms with Gasteiger partial charge in [-0.25, -0.2) is 0 Å². The number of amides is 2. The summed E-state index contributed by atoms with van der Waals surface area (Å²) in [6, 6.07) is 9.76. The van der Waals surface area contributed by atoms with Gasteiger partial charge in [-0.1, -0.05) is 31.5 Å². The summed E-state index contributed by atoms with van der Waals surface area (Å²) >= 11 is 12.3. The summed E-state index contributed by atoms with van der Waals surface area (Å²) in [7, 11) is 0. The van der Waals surface area contributed by atoms with Crippen LogP contribution in [0.15, 0.2) is 41.8 Å². The van der Waals surface area contributed by atoms with Gasteiger partial charge in [-0.3, -0.25) is 20.4 Å². The Morgan fingerprint density at radius 2 is 1.81 bits per heavy atom. The SMILES string of the molecule is CC(C)[C@@H](NC(=O)c1cccs1)C(=O)NNC(=S)Nc1ccc(Cl)cc1. The van der Waals surface area contributed by atoms with Crippen LogP contribution in [0.25, 0.3) is 0 Å². The summed E-state index contributed by atoms with van der Waals surface area (Å²) in [4.78, 5) is 25.1. The average Bonchev–Trinajstić information content (AvgIpc) is 3.14. The van der Waals surface area contributed by atoms with Gasteiger partial charge < -0.3 is 10.6 Å². The standard InChI is InChI=1S/C17H19ClN4O2S2/c1-10(2)14(20-15(23)13-4-3-9-26-13)16(24)21-22-17(25)19-12-7-5-11(18)6-8-12/h3-10,14H,1-2H3,(H,20,23)(H,21,24)(H2,19,22,25)/t14-/m1/s1. The van der Waals surface area contributed by atoms with E-state index in [1.165, 1.54) is 11.3 Å². The highest BCUT2D eigenvalue weighted by Gasteiger charge is 2.25. The smallest absolute Gasteiger partial charge is 0.262 e. The van der Waals surface area contributed by atoms with Crippen LogP contribution in [0.5, 0.6) is 0 Å². The number of thiophene rings is 1. The fraction of sp³-hybridized carbons (Fsp3) is 0.235. The largest absolute Gasteiger partial charge is 0.339 e. The molecule has 0 bridgehead atoms. The molecule has 0 fully saturated rings. The lowest BCUT2D eigenvalue weighted by Gasteiger charge is -2.22. The van der Waals surface area contributed by atoms with Crippen LogP contribution in [0.1, 0.15) is 23.5 Å². The summed E-state index contributed by atoms with van der Waals surface area (Å²) in [5, 5.41) is 8.29. The molecule has 0 saturated carbocycles. The fourth-order valence-corrected chi connectivity index (χ4v) is 2.97. The molecule has 1 aromatic carbocycles. The molecule has 0 aliphatic heterocycles. The lowest BCUT2D eigenvalue weighted by molar-refractivity contribution is -0.124. The third-order valence-electron chi connectivity index (χ3n) is 3.38. The maximum absolute atomic E-state index is 12.4. The number of carbonyl (C=O) groups excluding carboxylic acids is 2. The fourth-order valence-electron chi connectivity index (χ4n) is 2.05. The number of nitrogens with one attached hydrogen (secondary N) is 4. The molecule has 1 atom stereocenters. The van der Waals surface area contributed by atoms with Crippen molar-refractivity contribution in [2.24, 2.45) is 5.92 Å². The number of anilines is 1. The van der Waals surface area contributed by atoms with Gasteiger partial charge in [0, 0.05) is 10.7 Å². The lowest BCUT2D eigenvalue weighted by atomic mass is 10.0. The van der Waals surface area contributed by atoms with Crippen molar-refractivity contribution in [3.05, 3.63) is 51.7 Å². The molecule has 0 aliphatic carbocycles. The predicted octanol–water partition coefficient (Wildman–Crippen LogP) is 3.17. The van der Waals surface area contributed by atoms with E-state index in [0.717, 1.165) is 5.69 Å². The minimum Gasteiger partial charge on any atom is -0.339 e. The molecular formula is C17H19ClN4O2S2. The van der Waals surface area contributed by atoms with Gasteiger partial charge in [-0.2, -0.15) is 0 Å². The van der Waals surface area contributed by atoms with Crippen molar-refractivity contribution < 1.29 is 9.59 Å². The molecule has 0 aliphatic rings. The van der Waals surface area contributed by atoms with Gasteiger partial charge in [0.2, 0.25) is 0 Å². The third kappa shape index (κ3) is 5.98. The molecule has 2 aromatic rings. The van der Waals surface area contributed by atoms with Crippen molar-refractivity contribution in [2.75, 3.05) is 5.32 Å². The monoisotopic (exact) mass is 410 g/mol. The molecule has 9 heteroatoms. The maximum Gasteiger partial charge on any atom is 0.262 e. The van der Waals surface area contributed by atoms with E-state index in [4.69, 9.17) is 23.8 Å². The number of hydrazine groups is 1. The second-order valence-corrected chi connectivity index (χ2v) is 7.54. The average molecular weight is 411 g/mol. The maximum atomic E-state index is 12.4. The van der Waals surface area contributed by atoms with E-state index in [-0.39, 0.29) is 22.8 Å². The molecule has 0 unspecified atom stereocenters. The number of thiocarbonyl (C=S) groups is 1. The number of benzene rings is 1. The van der Waals surface area contributed by atoms with Crippen molar-refractivity contribution >= 4 is 57.8 Å². The van der Waals surface area contributed by atoms with Crippen molar-refractivity contribution in [1.29, 1.82) is 0 Å². The summed E-state index contributed by atoms with van der Waals surface area (Å²) in [5.74, 6) is -0.764. The van der Waals surface area contributed by atoms with E-state index in [1.807, 2.05) is 19.2 Å². The molecule has 1 heterocycles.